The van der Waals surface area contributed by atoms with Crippen LogP contribution in [0.25, 0.3) is 0 Å². The van der Waals surface area contributed by atoms with Crippen molar-refractivity contribution in [3.8, 4) is 0 Å². The molecule has 0 amide bonds. The van der Waals surface area contributed by atoms with Gasteiger partial charge in [0.2, 0.25) is 5.16 Å². The van der Waals surface area contributed by atoms with Crippen LogP contribution in [-0.4, -0.2) is 20.2 Å². The van der Waals surface area contributed by atoms with Gasteiger partial charge >= 0.3 is 0 Å². The predicted octanol–water partition coefficient (Wildman–Crippen LogP) is 3.40. The van der Waals surface area contributed by atoms with E-state index in [0.717, 1.165) is 5.16 Å². The topological polar surface area (TPSA) is 43.6 Å². The van der Waals surface area contributed by atoms with Crippen molar-refractivity contribution in [3.63, 3.8) is 0 Å². The van der Waals surface area contributed by atoms with E-state index in [4.69, 9.17) is 0 Å². The van der Waals surface area contributed by atoms with E-state index in [1.54, 1.807) is 16.4 Å². The lowest BCUT2D eigenvalue weighted by molar-refractivity contribution is 0.664. The molecule has 0 N–H and O–H groups in total. The zero-order valence-electron chi connectivity index (χ0n) is 12.0. The number of hydrogen-bond acceptors (Lipinski definition) is 4. The Labute approximate surface area is 128 Å². The van der Waals surface area contributed by atoms with Gasteiger partial charge in [-0.1, -0.05) is 66.4 Å². The maximum Gasteiger partial charge on any atom is 0.209 e. The summed E-state index contributed by atoms with van der Waals surface area (Å²) in [7, 11) is 1.86. The van der Waals surface area contributed by atoms with E-state index in [-0.39, 0.29) is 5.25 Å². The third-order valence-corrected chi connectivity index (χ3v) is 4.70. The van der Waals surface area contributed by atoms with Crippen molar-refractivity contribution in [1.29, 1.82) is 0 Å². The summed E-state index contributed by atoms with van der Waals surface area (Å²) >= 11 is 1.67. The molecule has 1 aromatic heterocycles. The van der Waals surface area contributed by atoms with Crippen LogP contribution in [0.4, 0.5) is 0 Å². The molecule has 1 atom stereocenters. The average Bonchev–Trinajstić information content (AvgIpc) is 2.92. The third kappa shape index (κ3) is 2.97. The van der Waals surface area contributed by atoms with Crippen LogP contribution in [0, 0.1) is 6.92 Å². The summed E-state index contributed by atoms with van der Waals surface area (Å²) in [6, 6.07) is 18.9. The first-order chi connectivity index (χ1) is 10.3. The summed E-state index contributed by atoms with van der Waals surface area (Å²) in [6.07, 6.45) is 0. The molecule has 0 aliphatic rings. The maximum atomic E-state index is 4.10. The fraction of sp³-hybridized carbons (Fsp3) is 0.188. The highest BCUT2D eigenvalue weighted by atomic mass is 32.2. The summed E-state index contributed by atoms with van der Waals surface area (Å²) in [5.74, 6) is 0. The highest BCUT2D eigenvalue weighted by Crippen LogP contribution is 2.40. The Morgan fingerprint density at radius 2 is 1.71 bits per heavy atom. The summed E-state index contributed by atoms with van der Waals surface area (Å²) in [4.78, 5) is 0. The molecule has 0 fully saturated rings. The summed E-state index contributed by atoms with van der Waals surface area (Å²) in [5.41, 5.74) is 3.81. The van der Waals surface area contributed by atoms with Gasteiger partial charge in [-0.25, -0.2) is 4.68 Å². The van der Waals surface area contributed by atoms with Crippen molar-refractivity contribution in [1.82, 2.24) is 20.2 Å². The Morgan fingerprint density at radius 3 is 2.38 bits per heavy atom. The molecule has 21 heavy (non-hydrogen) atoms. The quantitative estimate of drug-likeness (QED) is 0.692. The molecule has 0 saturated heterocycles. The molecule has 4 nitrogen and oxygen atoms in total. The van der Waals surface area contributed by atoms with E-state index in [9.17, 15) is 0 Å². The second-order valence-electron chi connectivity index (χ2n) is 4.85. The number of benzene rings is 2. The minimum Gasteiger partial charge on any atom is -0.224 e. The van der Waals surface area contributed by atoms with E-state index in [0.29, 0.717) is 0 Å². The SMILES string of the molecule is Cc1ccccc1C(Sc1nnnn1C)c1ccccc1. The number of aromatic nitrogens is 4. The van der Waals surface area contributed by atoms with Crippen LogP contribution in [0.5, 0.6) is 0 Å². The van der Waals surface area contributed by atoms with Gasteiger partial charge in [0.25, 0.3) is 0 Å². The maximum absolute atomic E-state index is 4.10. The molecule has 0 aliphatic heterocycles. The summed E-state index contributed by atoms with van der Waals surface area (Å²) in [6.45, 7) is 2.14. The van der Waals surface area contributed by atoms with E-state index in [2.05, 4.69) is 71.0 Å². The number of thioether (sulfide) groups is 1. The molecular formula is C16H16N4S. The van der Waals surface area contributed by atoms with Gasteiger partial charge in [0.05, 0.1) is 5.25 Å². The van der Waals surface area contributed by atoms with Crippen molar-refractivity contribution in [3.05, 3.63) is 71.3 Å². The number of nitrogens with zero attached hydrogens (tertiary/aromatic N) is 4. The third-order valence-electron chi connectivity index (χ3n) is 3.38. The summed E-state index contributed by atoms with van der Waals surface area (Å²) in [5, 5.41) is 12.7. The van der Waals surface area contributed by atoms with Gasteiger partial charge in [-0.2, -0.15) is 0 Å². The van der Waals surface area contributed by atoms with Crippen molar-refractivity contribution in [2.24, 2.45) is 7.05 Å². The highest BCUT2D eigenvalue weighted by Gasteiger charge is 2.20. The lowest BCUT2D eigenvalue weighted by Crippen LogP contribution is -2.02. The van der Waals surface area contributed by atoms with Crippen molar-refractivity contribution >= 4 is 11.8 Å². The number of rotatable bonds is 4. The second kappa shape index (κ2) is 6.10. The minimum absolute atomic E-state index is 0.178. The lowest BCUT2D eigenvalue weighted by Gasteiger charge is -2.18. The fourth-order valence-corrected chi connectivity index (χ4v) is 3.41. The van der Waals surface area contributed by atoms with Gasteiger partial charge in [0.1, 0.15) is 0 Å². The van der Waals surface area contributed by atoms with Crippen LogP contribution in [0.15, 0.2) is 59.8 Å². The molecule has 2 aromatic carbocycles. The lowest BCUT2D eigenvalue weighted by atomic mass is 10.0. The van der Waals surface area contributed by atoms with Crippen molar-refractivity contribution < 1.29 is 0 Å². The minimum atomic E-state index is 0.178. The molecule has 3 rings (SSSR count). The first-order valence-electron chi connectivity index (χ1n) is 6.75. The van der Waals surface area contributed by atoms with Gasteiger partial charge in [-0.05, 0) is 34.0 Å². The molecule has 0 saturated carbocycles. The van der Waals surface area contributed by atoms with Crippen LogP contribution >= 0.6 is 11.8 Å². The van der Waals surface area contributed by atoms with E-state index in [1.165, 1.54) is 16.7 Å². The molecule has 0 radical (unpaired) electrons. The molecule has 5 heteroatoms. The van der Waals surface area contributed by atoms with Gasteiger partial charge < -0.3 is 0 Å². The first-order valence-corrected chi connectivity index (χ1v) is 7.63. The Hall–Kier alpha value is -2.14. The van der Waals surface area contributed by atoms with Gasteiger partial charge in [-0.3, -0.25) is 0 Å². The van der Waals surface area contributed by atoms with Crippen LogP contribution in [0.2, 0.25) is 0 Å². The van der Waals surface area contributed by atoms with Crippen LogP contribution in [0.1, 0.15) is 21.9 Å². The molecule has 1 heterocycles. The van der Waals surface area contributed by atoms with E-state index < -0.39 is 0 Å². The monoisotopic (exact) mass is 296 g/mol. The zero-order valence-corrected chi connectivity index (χ0v) is 12.8. The fourth-order valence-electron chi connectivity index (χ4n) is 2.25. The van der Waals surface area contributed by atoms with Gasteiger partial charge in [0.15, 0.2) is 0 Å². The summed E-state index contributed by atoms with van der Waals surface area (Å²) < 4.78 is 1.71. The Balaban J connectivity index is 2.04. The van der Waals surface area contributed by atoms with Gasteiger partial charge in [0, 0.05) is 7.05 Å². The van der Waals surface area contributed by atoms with Crippen LogP contribution < -0.4 is 0 Å². The van der Waals surface area contributed by atoms with Crippen LogP contribution in [0.3, 0.4) is 0 Å². The Kier molecular flexibility index (Phi) is 4.01. The standard InChI is InChI=1S/C16H16N4S/c1-12-8-6-7-11-14(12)15(13-9-4-3-5-10-13)21-16-17-18-19-20(16)2/h3-11,15H,1-2H3. The largest absolute Gasteiger partial charge is 0.224 e. The highest BCUT2D eigenvalue weighted by molar-refractivity contribution is 7.99. The molecule has 3 aromatic rings. The Bertz CT molecular complexity index is 724. The molecular weight excluding hydrogens is 280 g/mol. The number of hydrogen-bond donors (Lipinski definition) is 0. The van der Waals surface area contributed by atoms with Crippen LogP contribution in [-0.2, 0) is 7.05 Å². The normalized spacial score (nSPS) is 12.3. The van der Waals surface area contributed by atoms with E-state index >= 15 is 0 Å². The number of tetrazole rings is 1. The van der Waals surface area contributed by atoms with E-state index in [1.807, 2.05) is 13.1 Å². The van der Waals surface area contributed by atoms with Crippen molar-refractivity contribution in [2.45, 2.75) is 17.3 Å². The molecule has 1 unspecified atom stereocenters. The van der Waals surface area contributed by atoms with Crippen molar-refractivity contribution in [2.75, 3.05) is 0 Å². The predicted molar refractivity (Wildman–Crippen MR) is 84.1 cm³/mol. The molecule has 0 spiro atoms. The molecule has 0 bridgehead atoms. The Morgan fingerprint density at radius 1 is 1.00 bits per heavy atom. The zero-order chi connectivity index (χ0) is 14.7. The number of aryl methyl sites for hydroxylation is 2. The smallest absolute Gasteiger partial charge is 0.209 e. The average molecular weight is 296 g/mol. The second-order valence-corrected chi connectivity index (χ2v) is 5.92. The first kappa shape index (κ1) is 13.8. The molecule has 0 aliphatic carbocycles. The molecule has 106 valence electrons. The van der Waals surface area contributed by atoms with Gasteiger partial charge in [-0.15, -0.1) is 5.10 Å².